The summed E-state index contributed by atoms with van der Waals surface area (Å²) in [7, 11) is -3.58. The van der Waals surface area contributed by atoms with E-state index in [0.29, 0.717) is 19.3 Å². The van der Waals surface area contributed by atoms with Crippen LogP contribution in [0.3, 0.4) is 0 Å². The number of aliphatic hydroxyl groups is 1. The number of nitrogens with one attached hydrogen (secondary N) is 1. The van der Waals surface area contributed by atoms with E-state index in [1.54, 1.807) is 0 Å². The third-order valence-electron chi connectivity index (χ3n) is 4.28. The zero-order valence-corrected chi connectivity index (χ0v) is 15.0. The number of hydrogen-bond acceptors (Lipinski definition) is 4. The van der Waals surface area contributed by atoms with Crippen molar-refractivity contribution in [1.29, 1.82) is 0 Å². The number of carbonyl (C=O) groups excluding carboxylic acids is 1. The first kappa shape index (κ1) is 20.7. The number of piperidine rings is 1. The summed E-state index contributed by atoms with van der Waals surface area (Å²) in [5, 5.41) is 12.5. The summed E-state index contributed by atoms with van der Waals surface area (Å²) >= 11 is 0. The van der Waals surface area contributed by atoms with E-state index >= 15 is 0 Å². The van der Waals surface area contributed by atoms with Crippen molar-refractivity contribution in [2.45, 2.75) is 37.6 Å². The molecule has 0 saturated carbocycles. The van der Waals surface area contributed by atoms with Crippen molar-refractivity contribution in [3.05, 3.63) is 35.4 Å². The number of halogens is 3. The highest BCUT2D eigenvalue weighted by atomic mass is 32.2. The Balaban J connectivity index is 2.08. The molecule has 1 saturated heterocycles. The molecule has 0 aromatic heterocycles. The number of hydrogen-bond donors (Lipinski definition) is 2. The van der Waals surface area contributed by atoms with Gasteiger partial charge in [0.25, 0.3) is 0 Å². The van der Waals surface area contributed by atoms with Crippen LogP contribution in [-0.4, -0.2) is 49.1 Å². The van der Waals surface area contributed by atoms with E-state index in [-0.39, 0.29) is 12.1 Å². The van der Waals surface area contributed by atoms with Crippen molar-refractivity contribution in [3.63, 3.8) is 0 Å². The van der Waals surface area contributed by atoms with Gasteiger partial charge in [0.1, 0.15) is 6.04 Å². The quantitative estimate of drug-likeness (QED) is 0.796. The van der Waals surface area contributed by atoms with Gasteiger partial charge in [0.2, 0.25) is 15.9 Å². The Morgan fingerprint density at radius 3 is 2.62 bits per heavy atom. The highest BCUT2D eigenvalue weighted by molar-refractivity contribution is 7.88. The van der Waals surface area contributed by atoms with E-state index in [2.05, 4.69) is 5.32 Å². The zero-order chi connectivity index (χ0) is 19.5. The molecule has 2 N–H and O–H groups in total. The van der Waals surface area contributed by atoms with Crippen LogP contribution < -0.4 is 5.32 Å². The predicted molar refractivity (Wildman–Crippen MR) is 88.6 cm³/mol. The topological polar surface area (TPSA) is 86.7 Å². The number of aliphatic hydroxyl groups excluding tert-OH is 1. The van der Waals surface area contributed by atoms with Crippen LogP contribution in [0.4, 0.5) is 13.2 Å². The van der Waals surface area contributed by atoms with Gasteiger partial charge in [-0.2, -0.15) is 17.5 Å². The molecule has 26 heavy (non-hydrogen) atoms. The van der Waals surface area contributed by atoms with Gasteiger partial charge in [0, 0.05) is 13.1 Å². The molecule has 1 fully saturated rings. The van der Waals surface area contributed by atoms with E-state index in [0.717, 1.165) is 22.7 Å². The molecule has 1 aliphatic rings. The Bertz CT molecular complexity index is 752. The fourth-order valence-electron chi connectivity index (χ4n) is 3.03. The Kier molecular flexibility index (Phi) is 6.30. The van der Waals surface area contributed by atoms with Crippen molar-refractivity contribution >= 4 is 15.9 Å². The minimum atomic E-state index is -4.63. The van der Waals surface area contributed by atoms with Crippen LogP contribution in [0.1, 0.15) is 36.5 Å². The van der Waals surface area contributed by atoms with E-state index < -0.39 is 46.4 Å². The Morgan fingerprint density at radius 2 is 2.00 bits per heavy atom. The lowest BCUT2D eigenvalue weighted by molar-refractivity contribution is -0.139. The smallest absolute Gasteiger partial charge is 0.387 e. The van der Waals surface area contributed by atoms with Crippen molar-refractivity contribution in [1.82, 2.24) is 9.62 Å². The molecule has 1 aliphatic heterocycles. The SMILES string of the molecule is CS(=O)(=O)N1CCCCC1C(=O)NCC(O)c1ccccc1C(F)(F)F. The maximum atomic E-state index is 13.0. The third-order valence-corrected chi connectivity index (χ3v) is 5.57. The first-order valence-electron chi connectivity index (χ1n) is 8.10. The average molecular weight is 394 g/mol. The Morgan fingerprint density at radius 1 is 1.35 bits per heavy atom. The highest BCUT2D eigenvalue weighted by Gasteiger charge is 2.36. The molecule has 0 bridgehead atoms. The average Bonchev–Trinajstić information content (AvgIpc) is 2.58. The van der Waals surface area contributed by atoms with Gasteiger partial charge >= 0.3 is 6.18 Å². The molecule has 10 heteroatoms. The van der Waals surface area contributed by atoms with Crippen molar-refractivity contribution in [2.75, 3.05) is 19.3 Å². The minimum Gasteiger partial charge on any atom is -0.387 e. The van der Waals surface area contributed by atoms with E-state index in [1.807, 2.05) is 0 Å². The van der Waals surface area contributed by atoms with Crippen LogP contribution >= 0.6 is 0 Å². The molecule has 6 nitrogen and oxygen atoms in total. The molecule has 1 heterocycles. The third kappa shape index (κ3) is 4.95. The van der Waals surface area contributed by atoms with Crippen LogP contribution in [0.2, 0.25) is 0 Å². The Labute approximate surface area is 150 Å². The molecular weight excluding hydrogens is 373 g/mol. The van der Waals surface area contributed by atoms with E-state index in [4.69, 9.17) is 0 Å². The van der Waals surface area contributed by atoms with Gasteiger partial charge in [0.05, 0.1) is 17.9 Å². The van der Waals surface area contributed by atoms with Gasteiger partial charge < -0.3 is 10.4 Å². The maximum absolute atomic E-state index is 13.0. The molecule has 1 aromatic carbocycles. The van der Waals surface area contributed by atoms with Crippen LogP contribution in [0.15, 0.2) is 24.3 Å². The second-order valence-electron chi connectivity index (χ2n) is 6.23. The van der Waals surface area contributed by atoms with Gasteiger partial charge in [-0.3, -0.25) is 4.79 Å². The fraction of sp³-hybridized carbons (Fsp3) is 0.562. The molecule has 0 aliphatic carbocycles. The lowest BCUT2D eigenvalue weighted by Crippen LogP contribution is -2.52. The van der Waals surface area contributed by atoms with Crippen LogP contribution in [0.25, 0.3) is 0 Å². The Hall–Kier alpha value is -1.65. The van der Waals surface area contributed by atoms with Crippen molar-refractivity contribution in [2.24, 2.45) is 0 Å². The van der Waals surface area contributed by atoms with Gasteiger partial charge in [-0.15, -0.1) is 0 Å². The number of nitrogens with zero attached hydrogens (tertiary/aromatic N) is 1. The lowest BCUT2D eigenvalue weighted by Gasteiger charge is -2.32. The molecule has 0 spiro atoms. The lowest BCUT2D eigenvalue weighted by atomic mass is 10.0. The largest absolute Gasteiger partial charge is 0.416 e. The molecule has 1 amide bonds. The normalized spacial score (nSPS) is 20.6. The second-order valence-corrected chi connectivity index (χ2v) is 8.17. The molecule has 2 unspecified atom stereocenters. The number of carbonyl (C=O) groups is 1. The molecule has 2 atom stereocenters. The summed E-state index contributed by atoms with van der Waals surface area (Å²) in [6.07, 6.45) is -3.55. The highest BCUT2D eigenvalue weighted by Crippen LogP contribution is 2.34. The zero-order valence-electron chi connectivity index (χ0n) is 14.2. The van der Waals surface area contributed by atoms with Gasteiger partial charge in [0.15, 0.2) is 0 Å². The standard InChI is InChI=1S/C16H21F3N2O4S/c1-26(24,25)21-9-5-4-8-13(21)15(23)20-10-14(22)11-6-2-3-7-12(11)16(17,18)19/h2-3,6-7,13-14,22H,4-5,8-10H2,1H3,(H,20,23). The van der Waals surface area contributed by atoms with Gasteiger partial charge in [-0.1, -0.05) is 24.6 Å². The van der Waals surface area contributed by atoms with Gasteiger partial charge in [-0.05, 0) is 24.5 Å². The summed E-state index contributed by atoms with van der Waals surface area (Å²) < 4.78 is 63.7. The number of alkyl halides is 3. The molecule has 1 aromatic rings. The first-order chi connectivity index (χ1) is 12.0. The molecular formula is C16H21F3N2O4S. The predicted octanol–water partition coefficient (Wildman–Crippen LogP) is 1.67. The van der Waals surface area contributed by atoms with Crippen LogP contribution in [0.5, 0.6) is 0 Å². The summed E-state index contributed by atoms with van der Waals surface area (Å²) in [5.41, 5.74) is -1.32. The monoisotopic (exact) mass is 394 g/mol. The summed E-state index contributed by atoms with van der Waals surface area (Å²) in [6, 6.07) is 3.66. The van der Waals surface area contributed by atoms with Gasteiger partial charge in [-0.25, -0.2) is 8.42 Å². The fourth-order valence-corrected chi connectivity index (χ4v) is 4.16. The summed E-state index contributed by atoms with van der Waals surface area (Å²) in [4.78, 5) is 12.3. The minimum absolute atomic E-state index is 0.219. The first-order valence-corrected chi connectivity index (χ1v) is 9.95. The molecule has 146 valence electrons. The summed E-state index contributed by atoms with van der Waals surface area (Å²) in [6.45, 7) is -0.226. The van der Waals surface area contributed by atoms with E-state index in [1.165, 1.54) is 12.1 Å². The number of amides is 1. The van der Waals surface area contributed by atoms with Crippen LogP contribution in [0, 0.1) is 0 Å². The number of rotatable bonds is 5. The maximum Gasteiger partial charge on any atom is 0.416 e. The van der Waals surface area contributed by atoms with Crippen molar-refractivity contribution < 1.29 is 31.5 Å². The summed E-state index contributed by atoms with van der Waals surface area (Å²) in [5.74, 6) is -0.626. The number of benzene rings is 1. The number of sulfonamides is 1. The molecule has 2 rings (SSSR count). The van der Waals surface area contributed by atoms with E-state index in [9.17, 15) is 31.5 Å². The van der Waals surface area contributed by atoms with Crippen LogP contribution in [-0.2, 0) is 21.0 Å². The molecule has 0 radical (unpaired) electrons. The second kappa shape index (κ2) is 7.93. The van der Waals surface area contributed by atoms with Crippen molar-refractivity contribution in [3.8, 4) is 0 Å².